The largest absolute Gasteiger partial charge is 0.484 e. The summed E-state index contributed by atoms with van der Waals surface area (Å²) in [5.41, 5.74) is 4.99. The van der Waals surface area contributed by atoms with E-state index in [4.69, 9.17) is 4.74 Å². The predicted octanol–water partition coefficient (Wildman–Crippen LogP) is 3.65. The minimum atomic E-state index is -0.172. The molecule has 0 saturated carbocycles. The zero-order chi connectivity index (χ0) is 16.3. The van der Waals surface area contributed by atoms with E-state index in [0.717, 1.165) is 34.5 Å². The van der Waals surface area contributed by atoms with Gasteiger partial charge < -0.3 is 4.74 Å². The van der Waals surface area contributed by atoms with Gasteiger partial charge in [-0.15, -0.1) is 0 Å². The van der Waals surface area contributed by atoms with Crippen molar-refractivity contribution in [3.05, 3.63) is 58.9 Å². The fourth-order valence-corrected chi connectivity index (χ4v) is 2.32. The number of ether oxygens (including phenoxy) is 1. The number of aromatic nitrogens is 2. The van der Waals surface area contributed by atoms with E-state index in [9.17, 15) is 4.79 Å². The summed E-state index contributed by atoms with van der Waals surface area (Å²) >= 11 is 0. The van der Waals surface area contributed by atoms with E-state index in [1.54, 1.807) is 0 Å². The summed E-state index contributed by atoms with van der Waals surface area (Å²) in [7, 11) is 0. The molecule has 1 aromatic carbocycles. The highest BCUT2D eigenvalue weighted by molar-refractivity contribution is 5.80. The van der Waals surface area contributed by atoms with E-state index >= 15 is 0 Å². The monoisotopic (exact) mass is 298 g/mol. The second-order valence-electron chi connectivity index (χ2n) is 5.69. The molecule has 1 aromatic heterocycles. The molecule has 0 aliphatic heterocycles. The number of carbonyl (C=O) groups is 1. The third-order valence-electron chi connectivity index (χ3n) is 3.54. The highest BCUT2D eigenvalue weighted by atomic mass is 16.5. The van der Waals surface area contributed by atoms with Crippen molar-refractivity contribution in [1.29, 1.82) is 0 Å². The van der Waals surface area contributed by atoms with Crippen molar-refractivity contribution in [3.8, 4) is 5.75 Å². The third-order valence-corrected chi connectivity index (χ3v) is 3.54. The summed E-state index contributed by atoms with van der Waals surface area (Å²) in [6.07, 6.45) is 0.740. The maximum Gasteiger partial charge on any atom is 0.284 e. The van der Waals surface area contributed by atoms with Crippen LogP contribution in [-0.2, 0) is 6.42 Å². The van der Waals surface area contributed by atoms with Gasteiger partial charge in [0.15, 0.2) is 6.61 Å². The molecule has 2 rings (SSSR count). The molecule has 116 valence electrons. The Morgan fingerprint density at radius 1 is 1.23 bits per heavy atom. The highest BCUT2D eigenvalue weighted by Crippen LogP contribution is 2.17. The molecule has 0 aliphatic carbocycles. The normalized spacial score (nSPS) is 10.5. The average molecular weight is 298 g/mol. The maximum atomic E-state index is 12.3. The number of benzene rings is 1. The van der Waals surface area contributed by atoms with Crippen LogP contribution < -0.4 is 4.74 Å². The number of aryl methyl sites for hydroxylation is 2. The Morgan fingerprint density at radius 2 is 1.86 bits per heavy atom. The lowest BCUT2D eigenvalue weighted by molar-refractivity contribution is 0.0818. The second-order valence-corrected chi connectivity index (χ2v) is 5.69. The first-order valence-electron chi connectivity index (χ1n) is 7.30. The molecule has 0 amide bonds. The van der Waals surface area contributed by atoms with Gasteiger partial charge in [-0.05, 0) is 46.2 Å². The minimum absolute atomic E-state index is 0.0302. The zero-order valence-electron chi connectivity index (χ0n) is 13.6. The van der Waals surface area contributed by atoms with Gasteiger partial charge in [-0.1, -0.05) is 29.8 Å². The van der Waals surface area contributed by atoms with Crippen molar-refractivity contribution in [1.82, 2.24) is 9.78 Å². The average Bonchev–Trinajstić information content (AvgIpc) is 2.74. The standard InChI is InChI=1S/C18H22N2O2/c1-12(2)10-17-14(4)19-20(15(17)5)18(21)11-22-16-8-6-13(3)7-9-16/h6-9H,1,10-11H2,2-5H3. The Labute approximate surface area is 131 Å². The van der Waals surface area contributed by atoms with E-state index in [-0.39, 0.29) is 12.5 Å². The summed E-state index contributed by atoms with van der Waals surface area (Å²) in [5.74, 6) is 0.511. The van der Waals surface area contributed by atoms with Crippen LogP contribution in [0.3, 0.4) is 0 Å². The summed E-state index contributed by atoms with van der Waals surface area (Å²) in [6.45, 7) is 11.7. The molecule has 4 heteroatoms. The third kappa shape index (κ3) is 3.64. The van der Waals surface area contributed by atoms with Gasteiger partial charge in [0.1, 0.15) is 5.75 Å². The molecular weight excluding hydrogens is 276 g/mol. The Balaban J connectivity index is 2.09. The first-order chi connectivity index (χ1) is 10.4. The molecule has 0 aliphatic rings. The Hall–Kier alpha value is -2.36. The van der Waals surface area contributed by atoms with Crippen molar-refractivity contribution in [2.75, 3.05) is 6.61 Å². The van der Waals surface area contributed by atoms with Crippen molar-refractivity contribution in [2.24, 2.45) is 0 Å². The summed E-state index contributed by atoms with van der Waals surface area (Å²) < 4.78 is 6.97. The summed E-state index contributed by atoms with van der Waals surface area (Å²) in [5, 5.41) is 4.34. The summed E-state index contributed by atoms with van der Waals surface area (Å²) in [4.78, 5) is 12.3. The van der Waals surface area contributed by atoms with Crippen LogP contribution in [0.15, 0.2) is 36.4 Å². The molecule has 0 saturated heterocycles. The van der Waals surface area contributed by atoms with Crippen LogP contribution >= 0.6 is 0 Å². The molecule has 0 spiro atoms. The Morgan fingerprint density at radius 3 is 2.45 bits per heavy atom. The van der Waals surface area contributed by atoms with Crippen LogP contribution in [0.1, 0.15) is 34.2 Å². The molecule has 22 heavy (non-hydrogen) atoms. The maximum absolute atomic E-state index is 12.3. The van der Waals surface area contributed by atoms with Crippen molar-refractivity contribution >= 4 is 5.91 Å². The number of carbonyl (C=O) groups excluding carboxylic acids is 1. The first kappa shape index (κ1) is 16.0. The molecule has 0 radical (unpaired) electrons. The van der Waals surface area contributed by atoms with Gasteiger partial charge >= 0.3 is 0 Å². The molecule has 1 heterocycles. The van der Waals surface area contributed by atoms with Crippen LogP contribution in [-0.4, -0.2) is 22.3 Å². The lowest BCUT2D eigenvalue weighted by Gasteiger charge is -2.07. The van der Waals surface area contributed by atoms with Crippen LogP contribution in [0.4, 0.5) is 0 Å². The van der Waals surface area contributed by atoms with Crippen molar-refractivity contribution < 1.29 is 9.53 Å². The molecule has 0 unspecified atom stereocenters. The summed E-state index contributed by atoms with van der Waals surface area (Å²) in [6, 6.07) is 7.62. The lowest BCUT2D eigenvalue weighted by Crippen LogP contribution is -2.21. The van der Waals surface area contributed by atoms with Gasteiger partial charge in [0.05, 0.1) is 5.69 Å². The predicted molar refractivity (Wildman–Crippen MR) is 87.5 cm³/mol. The topological polar surface area (TPSA) is 44.1 Å². The number of hydrogen-bond donors (Lipinski definition) is 0. The number of nitrogens with zero attached hydrogens (tertiary/aromatic N) is 2. The fourth-order valence-electron chi connectivity index (χ4n) is 2.32. The SMILES string of the molecule is C=C(C)Cc1c(C)nn(C(=O)COc2ccc(C)cc2)c1C. The van der Waals surface area contributed by atoms with Crippen LogP contribution in [0.5, 0.6) is 5.75 Å². The van der Waals surface area contributed by atoms with Gasteiger partial charge in [-0.25, -0.2) is 4.68 Å². The van der Waals surface area contributed by atoms with Gasteiger partial charge in [0.25, 0.3) is 5.91 Å². The number of allylic oxidation sites excluding steroid dienone is 1. The first-order valence-corrected chi connectivity index (χ1v) is 7.30. The Kier molecular flexibility index (Phi) is 4.81. The van der Waals surface area contributed by atoms with Crippen LogP contribution in [0.2, 0.25) is 0 Å². The lowest BCUT2D eigenvalue weighted by atomic mass is 10.1. The smallest absolute Gasteiger partial charge is 0.284 e. The highest BCUT2D eigenvalue weighted by Gasteiger charge is 2.16. The van der Waals surface area contributed by atoms with E-state index in [1.165, 1.54) is 4.68 Å². The molecule has 0 fully saturated rings. The van der Waals surface area contributed by atoms with Crippen molar-refractivity contribution in [2.45, 2.75) is 34.1 Å². The van der Waals surface area contributed by atoms with Gasteiger partial charge in [-0.2, -0.15) is 5.10 Å². The fraction of sp³-hybridized carbons (Fsp3) is 0.333. The van der Waals surface area contributed by atoms with Gasteiger partial charge in [-0.3, -0.25) is 4.79 Å². The Bertz CT molecular complexity index is 697. The van der Waals surface area contributed by atoms with E-state index in [0.29, 0.717) is 5.75 Å². The van der Waals surface area contributed by atoms with E-state index in [2.05, 4.69) is 11.7 Å². The minimum Gasteiger partial charge on any atom is -0.484 e. The molecule has 0 atom stereocenters. The molecule has 4 nitrogen and oxygen atoms in total. The van der Waals surface area contributed by atoms with Crippen molar-refractivity contribution in [3.63, 3.8) is 0 Å². The molecule has 0 N–H and O–H groups in total. The number of hydrogen-bond acceptors (Lipinski definition) is 3. The van der Waals surface area contributed by atoms with Crippen LogP contribution in [0, 0.1) is 20.8 Å². The quantitative estimate of drug-likeness (QED) is 0.791. The van der Waals surface area contributed by atoms with E-state index < -0.39 is 0 Å². The van der Waals surface area contributed by atoms with Gasteiger partial charge in [0, 0.05) is 11.3 Å². The molecule has 2 aromatic rings. The van der Waals surface area contributed by atoms with E-state index in [1.807, 2.05) is 52.0 Å². The molecular formula is C18H22N2O2. The molecule has 0 bridgehead atoms. The number of rotatable bonds is 5. The zero-order valence-corrected chi connectivity index (χ0v) is 13.6. The van der Waals surface area contributed by atoms with Crippen LogP contribution in [0.25, 0.3) is 0 Å². The second kappa shape index (κ2) is 6.60. The van der Waals surface area contributed by atoms with Gasteiger partial charge in [0.2, 0.25) is 0 Å².